The van der Waals surface area contributed by atoms with Crippen LogP contribution in [0, 0.1) is 0 Å². The van der Waals surface area contributed by atoms with Crippen LogP contribution in [0.5, 0.6) is 0 Å². The van der Waals surface area contributed by atoms with Crippen LogP contribution in [-0.4, -0.2) is 74.2 Å². The van der Waals surface area contributed by atoms with E-state index in [1.54, 1.807) is 0 Å². The van der Waals surface area contributed by atoms with Gasteiger partial charge in [-0.1, -0.05) is 6.92 Å². The molecule has 3 rings (SSSR count). The Morgan fingerprint density at radius 3 is 2.39 bits per heavy atom. The standard InChI is InChI=1S/C25H30F7N5O3S/c1-6-15(25(30,31)32)35-16-7-13(19(26)27)14(9-33-16)18-17(22(39)37-10-24(28,29)8-11(37)2)36-21(41-18)20(38)34-12(3)23(4,5)40/h7,9,11-12,15,19,40H,6,8,10H2,1-5H3,(H,33,35)(H,34,38)/t11-,12-,15-/m0/s1. The minimum absolute atomic E-state index is 0.296. The molecule has 0 unspecified atom stereocenters. The van der Waals surface area contributed by atoms with E-state index >= 15 is 0 Å². The molecular weight excluding hydrogens is 583 g/mol. The molecule has 1 aliphatic rings. The Morgan fingerprint density at radius 1 is 1.27 bits per heavy atom. The van der Waals surface area contributed by atoms with Gasteiger partial charge in [0.2, 0.25) is 0 Å². The van der Waals surface area contributed by atoms with E-state index in [-0.39, 0.29) is 9.88 Å². The van der Waals surface area contributed by atoms with E-state index < -0.39 is 96.1 Å². The van der Waals surface area contributed by atoms with Crippen molar-refractivity contribution in [2.75, 3.05) is 11.9 Å². The summed E-state index contributed by atoms with van der Waals surface area (Å²) in [6.07, 6.45) is -8.18. The summed E-state index contributed by atoms with van der Waals surface area (Å²) in [4.78, 5) is 34.7. The number of carbonyl (C=O) groups excluding carboxylic acids is 2. The maximum atomic E-state index is 14.2. The van der Waals surface area contributed by atoms with E-state index in [4.69, 9.17) is 0 Å². The van der Waals surface area contributed by atoms with Crippen molar-refractivity contribution in [3.8, 4) is 10.4 Å². The van der Waals surface area contributed by atoms with Crippen molar-refractivity contribution in [3.05, 3.63) is 28.5 Å². The second-order valence-corrected chi connectivity index (χ2v) is 11.5. The predicted molar refractivity (Wildman–Crippen MR) is 137 cm³/mol. The van der Waals surface area contributed by atoms with Crippen molar-refractivity contribution in [1.82, 2.24) is 20.2 Å². The number of halogens is 7. The van der Waals surface area contributed by atoms with Crippen LogP contribution in [0.1, 0.15) is 79.7 Å². The molecular formula is C25H30F7N5O3S. The van der Waals surface area contributed by atoms with Gasteiger partial charge in [-0.2, -0.15) is 13.2 Å². The molecule has 2 aromatic heterocycles. The number of rotatable bonds is 9. The first-order valence-corrected chi connectivity index (χ1v) is 13.4. The molecule has 0 saturated carbocycles. The molecule has 2 aromatic rings. The molecule has 0 aromatic carbocycles. The van der Waals surface area contributed by atoms with Gasteiger partial charge in [-0.15, -0.1) is 11.3 Å². The van der Waals surface area contributed by atoms with Gasteiger partial charge in [0.15, 0.2) is 5.01 Å². The maximum Gasteiger partial charge on any atom is 0.408 e. The number of aromatic nitrogens is 2. The zero-order valence-corrected chi connectivity index (χ0v) is 23.6. The average molecular weight is 614 g/mol. The highest BCUT2D eigenvalue weighted by atomic mass is 32.1. The first kappa shape index (κ1) is 32.5. The Labute approximate surface area is 235 Å². The largest absolute Gasteiger partial charge is 0.408 e. The number of pyridine rings is 1. The SMILES string of the molecule is CC[C@H](Nc1cc(C(F)F)c(-c2sc(C(=O)N[C@@H](C)C(C)(C)O)nc2C(=O)N2CC(F)(F)C[C@@H]2C)cn1)C(F)(F)F. The Bertz CT molecular complexity index is 1280. The van der Waals surface area contributed by atoms with E-state index in [9.17, 15) is 45.4 Å². The monoisotopic (exact) mass is 613 g/mol. The fourth-order valence-electron chi connectivity index (χ4n) is 4.11. The maximum absolute atomic E-state index is 14.2. The second-order valence-electron chi connectivity index (χ2n) is 10.5. The van der Waals surface area contributed by atoms with Crippen LogP contribution in [0.4, 0.5) is 36.6 Å². The van der Waals surface area contributed by atoms with E-state index in [0.29, 0.717) is 17.4 Å². The van der Waals surface area contributed by atoms with E-state index in [2.05, 4.69) is 20.6 Å². The van der Waals surface area contributed by atoms with Crippen LogP contribution >= 0.6 is 11.3 Å². The van der Waals surface area contributed by atoms with Crippen LogP contribution < -0.4 is 10.6 Å². The summed E-state index contributed by atoms with van der Waals surface area (Å²) >= 11 is 0.508. The number of alkyl halides is 7. The quantitative estimate of drug-likeness (QED) is 0.316. The van der Waals surface area contributed by atoms with Crippen LogP contribution in [-0.2, 0) is 0 Å². The Morgan fingerprint density at radius 2 is 1.90 bits per heavy atom. The van der Waals surface area contributed by atoms with E-state index in [1.807, 2.05) is 0 Å². The molecule has 3 atom stereocenters. The summed E-state index contributed by atoms with van der Waals surface area (Å²) in [6.45, 7) is 6.00. The van der Waals surface area contributed by atoms with Gasteiger partial charge >= 0.3 is 6.18 Å². The first-order valence-electron chi connectivity index (χ1n) is 12.6. The van der Waals surface area contributed by atoms with Gasteiger partial charge in [-0.05, 0) is 40.2 Å². The number of anilines is 1. The molecule has 3 N–H and O–H groups in total. The summed E-state index contributed by atoms with van der Waals surface area (Å²) in [5, 5.41) is 14.3. The summed E-state index contributed by atoms with van der Waals surface area (Å²) in [7, 11) is 0. The molecule has 1 saturated heterocycles. The third kappa shape index (κ3) is 7.45. The third-order valence-corrected chi connectivity index (χ3v) is 7.85. The number of nitrogens with one attached hydrogen (secondary N) is 2. The van der Waals surface area contributed by atoms with Crippen molar-refractivity contribution >= 4 is 29.0 Å². The van der Waals surface area contributed by atoms with Gasteiger partial charge < -0.3 is 20.6 Å². The number of likely N-dealkylation sites (tertiary alicyclic amines) is 1. The fourth-order valence-corrected chi connectivity index (χ4v) is 5.11. The minimum atomic E-state index is -4.69. The topological polar surface area (TPSA) is 107 Å². The number of aliphatic hydroxyl groups is 1. The summed E-state index contributed by atoms with van der Waals surface area (Å²) < 4.78 is 96.3. The number of amides is 2. The van der Waals surface area contributed by atoms with E-state index in [1.165, 1.54) is 34.6 Å². The van der Waals surface area contributed by atoms with Gasteiger partial charge in [-0.3, -0.25) is 9.59 Å². The summed E-state index contributed by atoms with van der Waals surface area (Å²) in [6, 6.07) is -3.13. The van der Waals surface area contributed by atoms with Crippen molar-refractivity contribution in [1.29, 1.82) is 0 Å². The fraction of sp³-hybridized carbons (Fsp3) is 0.600. The minimum Gasteiger partial charge on any atom is -0.388 e. The Kier molecular flexibility index (Phi) is 9.28. The zero-order valence-electron chi connectivity index (χ0n) is 22.7. The molecule has 1 aliphatic heterocycles. The molecule has 0 spiro atoms. The lowest BCUT2D eigenvalue weighted by molar-refractivity contribution is -0.142. The Hall–Kier alpha value is -3.01. The van der Waals surface area contributed by atoms with Crippen molar-refractivity contribution < 1.29 is 45.4 Å². The highest BCUT2D eigenvalue weighted by Crippen LogP contribution is 2.40. The summed E-state index contributed by atoms with van der Waals surface area (Å²) in [5.74, 6) is -5.62. The molecule has 16 heteroatoms. The molecule has 0 aliphatic carbocycles. The molecule has 0 radical (unpaired) electrons. The van der Waals surface area contributed by atoms with Gasteiger partial charge in [0, 0.05) is 29.8 Å². The highest BCUT2D eigenvalue weighted by molar-refractivity contribution is 7.17. The smallest absolute Gasteiger partial charge is 0.388 e. The highest BCUT2D eigenvalue weighted by Gasteiger charge is 2.46. The van der Waals surface area contributed by atoms with Crippen molar-refractivity contribution in [2.45, 2.75) is 89.7 Å². The molecule has 41 heavy (non-hydrogen) atoms. The molecule has 0 bridgehead atoms. The number of carbonyl (C=O) groups is 2. The van der Waals surface area contributed by atoms with Gasteiger partial charge in [0.25, 0.3) is 24.2 Å². The van der Waals surface area contributed by atoms with Crippen LogP contribution in [0.3, 0.4) is 0 Å². The molecule has 3 heterocycles. The normalized spacial score (nSPS) is 18.9. The molecule has 2 amide bonds. The number of hydrogen-bond acceptors (Lipinski definition) is 7. The number of thiazole rings is 1. The van der Waals surface area contributed by atoms with Crippen molar-refractivity contribution in [3.63, 3.8) is 0 Å². The summed E-state index contributed by atoms with van der Waals surface area (Å²) in [5.41, 5.74) is -3.15. The number of nitrogens with zero attached hydrogens (tertiary/aromatic N) is 3. The molecule has 228 valence electrons. The van der Waals surface area contributed by atoms with Crippen LogP contribution in [0.25, 0.3) is 10.4 Å². The first-order chi connectivity index (χ1) is 18.7. The van der Waals surface area contributed by atoms with Crippen molar-refractivity contribution in [2.24, 2.45) is 0 Å². The van der Waals surface area contributed by atoms with Gasteiger partial charge in [0.1, 0.15) is 17.6 Å². The molecule has 8 nitrogen and oxygen atoms in total. The van der Waals surface area contributed by atoms with Crippen LogP contribution in [0.15, 0.2) is 12.3 Å². The van der Waals surface area contributed by atoms with Gasteiger partial charge in [0.05, 0.1) is 23.1 Å². The average Bonchev–Trinajstić information content (AvgIpc) is 3.40. The second kappa shape index (κ2) is 11.7. The lowest BCUT2D eigenvalue weighted by Crippen LogP contribution is -2.47. The predicted octanol–water partition coefficient (Wildman–Crippen LogP) is 5.65. The van der Waals surface area contributed by atoms with Gasteiger partial charge in [-0.25, -0.2) is 27.5 Å². The third-order valence-electron chi connectivity index (χ3n) is 6.76. The van der Waals surface area contributed by atoms with Crippen LogP contribution in [0.2, 0.25) is 0 Å². The lowest BCUT2D eigenvalue weighted by Gasteiger charge is -2.26. The Balaban J connectivity index is 2.12. The zero-order chi connectivity index (χ0) is 31.1. The van der Waals surface area contributed by atoms with E-state index in [0.717, 1.165) is 11.1 Å². The lowest BCUT2D eigenvalue weighted by atomic mass is 10.0. The molecule has 1 fully saturated rings. The number of hydrogen-bond donors (Lipinski definition) is 3.